The lowest BCUT2D eigenvalue weighted by atomic mass is 9.83. The second kappa shape index (κ2) is 21.1. The first kappa shape index (κ1) is 42.7. The minimum absolute atomic E-state index is 0.0307. The van der Waals surface area contributed by atoms with Crippen LogP contribution < -0.4 is 26.6 Å². The summed E-state index contributed by atoms with van der Waals surface area (Å²) in [6, 6.07) is 15.8. The van der Waals surface area contributed by atoms with Gasteiger partial charge in [-0.1, -0.05) is 107 Å². The molecule has 2 aromatic carbocycles. The molecule has 3 amide bonds. The zero-order chi connectivity index (χ0) is 38.3. The lowest BCUT2D eigenvalue weighted by Gasteiger charge is -2.38. The topological polar surface area (TPSA) is 178 Å². The molecule has 4 unspecified atom stereocenters. The highest BCUT2D eigenvalue weighted by Gasteiger charge is 2.36. The molecule has 1 saturated carbocycles. The van der Waals surface area contributed by atoms with Crippen LogP contribution in [0.4, 0.5) is 0 Å². The Kier molecular flexibility index (Phi) is 17.4. The van der Waals surface area contributed by atoms with Crippen LogP contribution in [0.2, 0.25) is 0 Å². The van der Waals surface area contributed by atoms with Gasteiger partial charge in [0.15, 0.2) is 0 Å². The van der Waals surface area contributed by atoms with E-state index in [9.17, 15) is 29.4 Å². The number of Topliss-reactive ketones (excluding diaryl/α,β-unsaturated/α-hetero) is 1. The molecule has 0 aliphatic heterocycles. The van der Waals surface area contributed by atoms with Crippen molar-refractivity contribution in [2.45, 2.75) is 135 Å². The van der Waals surface area contributed by atoms with Crippen LogP contribution in [0.3, 0.4) is 0 Å². The van der Waals surface area contributed by atoms with Gasteiger partial charge in [0.1, 0.15) is 6.23 Å². The summed E-state index contributed by atoms with van der Waals surface area (Å²) in [6.45, 7) is 10.8. The normalized spacial score (nSPS) is 16.8. The molecule has 288 valence electrons. The van der Waals surface area contributed by atoms with E-state index in [-0.39, 0.29) is 18.3 Å². The number of ether oxygens (including phenoxy) is 1. The van der Waals surface area contributed by atoms with Gasteiger partial charge in [0.2, 0.25) is 24.0 Å². The first-order valence-electron chi connectivity index (χ1n) is 18.8. The number of rotatable bonds is 20. The number of ketones is 1. The van der Waals surface area contributed by atoms with Crippen molar-refractivity contribution >= 4 is 23.5 Å². The molecule has 7 N–H and O–H groups in total. The van der Waals surface area contributed by atoms with E-state index in [2.05, 4.69) is 26.6 Å². The molecule has 0 heterocycles. The molecule has 0 spiro atoms. The van der Waals surface area contributed by atoms with Gasteiger partial charge in [0.25, 0.3) is 5.91 Å². The standard InChI is InChI=1S/C40H61N5O7/c1-7-17-30(35(47)38(50)41-25-32(46)44-33(27-18-11-8-12-19-27)28-20-13-9-14-21-28)42-36(48)31(24-26(2)3)43-37(49)34(29-22-15-10-16-23-29)45-39(51)52-40(4,5)6/h8-9,11-14,18-21,26,29-31,33-34,37,39,43,45,49,51H,7,10,15-17,22-25H2,1-6H3,(H,41,50)(H,42,48)(H,44,46)/t30?,31?,34?,37-,39?/m0/s1. The van der Waals surface area contributed by atoms with E-state index in [1.807, 2.05) is 102 Å². The summed E-state index contributed by atoms with van der Waals surface area (Å²) >= 11 is 0. The lowest BCUT2D eigenvalue weighted by Crippen LogP contribution is -2.61. The molecule has 1 aliphatic rings. The number of carbonyl (C=O) groups is 4. The van der Waals surface area contributed by atoms with Crippen molar-refractivity contribution < 1.29 is 34.1 Å². The molecule has 12 nitrogen and oxygen atoms in total. The monoisotopic (exact) mass is 723 g/mol. The maximum absolute atomic E-state index is 13.8. The van der Waals surface area contributed by atoms with Gasteiger partial charge in [0.05, 0.1) is 36.3 Å². The fourth-order valence-electron chi connectivity index (χ4n) is 6.64. The van der Waals surface area contributed by atoms with Crippen molar-refractivity contribution in [3.8, 4) is 0 Å². The van der Waals surface area contributed by atoms with Crippen molar-refractivity contribution in [2.24, 2.45) is 11.8 Å². The predicted octanol–water partition coefficient (Wildman–Crippen LogP) is 3.81. The molecule has 5 atom stereocenters. The molecule has 12 heteroatoms. The average Bonchev–Trinajstić information content (AvgIpc) is 3.11. The Balaban J connectivity index is 1.67. The highest BCUT2D eigenvalue weighted by molar-refractivity contribution is 6.38. The van der Waals surface area contributed by atoms with Crippen LogP contribution in [0.5, 0.6) is 0 Å². The molecule has 0 bridgehead atoms. The summed E-state index contributed by atoms with van der Waals surface area (Å²) in [6.07, 6.45) is 3.25. The maximum atomic E-state index is 13.8. The van der Waals surface area contributed by atoms with E-state index in [0.29, 0.717) is 12.8 Å². The van der Waals surface area contributed by atoms with Crippen molar-refractivity contribution in [1.29, 1.82) is 0 Å². The van der Waals surface area contributed by atoms with Crippen LogP contribution in [0.15, 0.2) is 60.7 Å². The number of carbonyl (C=O) groups excluding carboxylic acids is 4. The highest BCUT2D eigenvalue weighted by atomic mass is 16.6. The number of hydrogen-bond acceptors (Lipinski definition) is 9. The Morgan fingerprint density at radius 2 is 1.40 bits per heavy atom. The van der Waals surface area contributed by atoms with E-state index in [0.717, 1.165) is 43.2 Å². The Morgan fingerprint density at radius 1 is 0.827 bits per heavy atom. The van der Waals surface area contributed by atoms with Crippen molar-refractivity contribution in [3.05, 3.63) is 71.8 Å². The number of benzene rings is 2. The van der Waals surface area contributed by atoms with E-state index < -0.39 is 72.5 Å². The van der Waals surface area contributed by atoms with Crippen LogP contribution in [0.25, 0.3) is 0 Å². The van der Waals surface area contributed by atoms with Crippen LogP contribution in [-0.2, 0) is 23.9 Å². The van der Waals surface area contributed by atoms with E-state index >= 15 is 0 Å². The molecule has 0 aromatic heterocycles. The number of aliphatic hydroxyl groups excluding tert-OH is 2. The first-order valence-corrected chi connectivity index (χ1v) is 18.8. The summed E-state index contributed by atoms with van der Waals surface area (Å²) in [4.78, 5) is 53.3. The number of aliphatic hydroxyl groups is 2. The first-order chi connectivity index (χ1) is 24.7. The fraction of sp³-hybridized carbons (Fsp3) is 0.600. The molecule has 1 fully saturated rings. The second-order valence-electron chi connectivity index (χ2n) is 15.2. The van der Waals surface area contributed by atoms with Gasteiger partial charge in [-0.3, -0.25) is 29.8 Å². The van der Waals surface area contributed by atoms with Crippen molar-refractivity contribution in [3.63, 3.8) is 0 Å². The summed E-state index contributed by atoms with van der Waals surface area (Å²) in [5, 5.41) is 36.4. The van der Waals surface area contributed by atoms with E-state index in [4.69, 9.17) is 4.74 Å². The van der Waals surface area contributed by atoms with Gasteiger partial charge in [0, 0.05) is 0 Å². The van der Waals surface area contributed by atoms with Crippen molar-refractivity contribution in [1.82, 2.24) is 26.6 Å². The number of amides is 3. The van der Waals surface area contributed by atoms with Gasteiger partial charge in [-0.05, 0) is 69.4 Å². The van der Waals surface area contributed by atoms with Crippen LogP contribution in [0.1, 0.15) is 110 Å². The molecule has 2 aromatic rings. The minimum atomic E-state index is -1.34. The third-order valence-electron chi connectivity index (χ3n) is 9.11. The summed E-state index contributed by atoms with van der Waals surface area (Å²) in [5.74, 6) is -2.78. The Labute approximate surface area is 309 Å². The van der Waals surface area contributed by atoms with Crippen molar-refractivity contribution in [2.75, 3.05) is 6.54 Å². The SMILES string of the molecule is CCCC(NC(=O)C(CC(C)C)N[C@@H](O)C(NC(O)OC(C)(C)C)C1CCCCC1)C(=O)C(=O)NCC(=O)NC(c1ccccc1)c1ccccc1. The largest absolute Gasteiger partial charge is 0.377 e. The molecular formula is C40H61N5O7. The predicted molar refractivity (Wildman–Crippen MR) is 200 cm³/mol. The van der Waals surface area contributed by atoms with Gasteiger partial charge in [-0.25, -0.2) is 0 Å². The summed E-state index contributed by atoms with van der Waals surface area (Å²) in [5.41, 5.74) is 1.09. The second-order valence-corrected chi connectivity index (χ2v) is 15.2. The molecule has 1 aliphatic carbocycles. The van der Waals surface area contributed by atoms with Gasteiger partial charge in [-0.15, -0.1) is 0 Å². The highest BCUT2D eigenvalue weighted by Crippen LogP contribution is 2.28. The Bertz CT molecular complexity index is 1360. The van der Waals surface area contributed by atoms with Crippen LogP contribution in [0, 0.1) is 11.8 Å². The number of hydrogen-bond donors (Lipinski definition) is 7. The fourth-order valence-corrected chi connectivity index (χ4v) is 6.64. The smallest absolute Gasteiger partial charge is 0.290 e. The van der Waals surface area contributed by atoms with Gasteiger partial charge >= 0.3 is 0 Å². The molecule has 3 rings (SSSR count). The Morgan fingerprint density at radius 3 is 1.92 bits per heavy atom. The van der Waals surface area contributed by atoms with Gasteiger partial charge in [-0.2, -0.15) is 0 Å². The van der Waals surface area contributed by atoms with E-state index in [1.165, 1.54) is 0 Å². The zero-order valence-corrected chi connectivity index (χ0v) is 31.7. The maximum Gasteiger partial charge on any atom is 0.290 e. The molecule has 0 saturated heterocycles. The van der Waals surface area contributed by atoms with Gasteiger partial charge < -0.3 is 30.9 Å². The molecule has 52 heavy (non-hydrogen) atoms. The zero-order valence-electron chi connectivity index (χ0n) is 31.7. The molecule has 0 radical (unpaired) electrons. The lowest BCUT2D eigenvalue weighted by molar-refractivity contribution is -0.193. The summed E-state index contributed by atoms with van der Waals surface area (Å²) in [7, 11) is 0. The number of nitrogens with one attached hydrogen (secondary N) is 5. The third kappa shape index (κ3) is 14.4. The van der Waals surface area contributed by atoms with Crippen LogP contribution >= 0.6 is 0 Å². The minimum Gasteiger partial charge on any atom is -0.377 e. The third-order valence-corrected chi connectivity index (χ3v) is 9.11. The van der Waals surface area contributed by atoms with E-state index in [1.54, 1.807) is 0 Å². The summed E-state index contributed by atoms with van der Waals surface area (Å²) < 4.78 is 5.67. The quantitative estimate of drug-likeness (QED) is 0.0791. The average molecular weight is 724 g/mol. The van der Waals surface area contributed by atoms with Crippen LogP contribution in [-0.4, -0.2) is 76.6 Å². The molecular weight excluding hydrogens is 662 g/mol. The Hall–Kier alpha value is -3.68.